The van der Waals surface area contributed by atoms with Crippen molar-refractivity contribution < 1.29 is 14.3 Å². The van der Waals surface area contributed by atoms with Crippen LogP contribution in [0, 0.1) is 0 Å². The molecule has 0 amide bonds. The summed E-state index contributed by atoms with van der Waals surface area (Å²) in [7, 11) is 0. The maximum Gasteiger partial charge on any atom is 0.321 e. The number of hydrogen-bond donors (Lipinski definition) is 0. The molecule has 0 fully saturated rings. The highest BCUT2D eigenvalue weighted by Gasteiger charge is 2.32. The zero-order valence-corrected chi connectivity index (χ0v) is 13.8. The predicted molar refractivity (Wildman–Crippen MR) is 90.2 cm³/mol. The Balaban J connectivity index is 2.26. The van der Waals surface area contributed by atoms with E-state index in [4.69, 9.17) is 4.74 Å². The van der Waals surface area contributed by atoms with E-state index in [9.17, 15) is 9.59 Å². The topological polar surface area (TPSA) is 43.4 Å². The molecule has 0 aromatic heterocycles. The van der Waals surface area contributed by atoms with Gasteiger partial charge in [-0.25, -0.2) is 0 Å². The Morgan fingerprint density at radius 1 is 0.913 bits per heavy atom. The average Bonchev–Trinajstić information content (AvgIpc) is 2.47. The number of esters is 1. The molecule has 2 aromatic carbocycles. The van der Waals surface area contributed by atoms with Gasteiger partial charge in [-0.2, -0.15) is 0 Å². The summed E-state index contributed by atoms with van der Waals surface area (Å²) in [6.45, 7) is 5.40. The summed E-state index contributed by atoms with van der Waals surface area (Å²) in [6, 6.07) is 18.5. The lowest BCUT2D eigenvalue weighted by molar-refractivity contribution is -0.158. The van der Waals surface area contributed by atoms with Gasteiger partial charge in [0.15, 0.2) is 5.78 Å². The Kier molecular flexibility index (Phi) is 5.32. The van der Waals surface area contributed by atoms with Gasteiger partial charge in [0.1, 0.15) is 11.5 Å². The van der Waals surface area contributed by atoms with E-state index in [1.54, 1.807) is 32.9 Å². The second-order valence-electron chi connectivity index (χ2n) is 6.51. The molecule has 0 heterocycles. The number of carbonyl (C=O) groups is 2. The smallest absolute Gasteiger partial charge is 0.321 e. The van der Waals surface area contributed by atoms with Crippen LogP contribution in [0.3, 0.4) is 0 Å². The maximum atomic E-state index is 12.7. The fraction of sp³-hybridized carbons (Fsp3) is 0.300. The van der Waals surface area contributed by atoms with Crippen LogP contribution in [-0.2, 0) is 20.7 Å². The van der Waals surface area contributed by atoms with Crippen LogP contribution in [0.1, 0.15) is 37.8 Å². The Morgan fingerprint density at radius 3 is 1.96 bits per heavy atom. The van der Waals surface area contributed by atoms with E-state index in [0.29, 0.717) is 5.56 Å². The quantitative estimate of drug-likeness (QED) is 0.621. The number of hydrogen-bond acceptors (Lipinski definition) is 3. The molecule has 1 unspecified atom stereocenters. The van der Waals surface area contributed by atoms with Crippen LogP contribution < -0.4 is 0 Å². The van der Waals surface area contributed by atoms with Crippen LogP contribution in [0.5, 0.6) is 0 Å². The van der Waals surface area contributed by atoms with Gasteiger partial charge in [-0.1, -0.05) is 60.7 Å². The molecule has 2 rings (SSSR count). The van der Waals surface area contributed by atoms with Crippen LogP contribution >= 0.6 is 0 Å². The summed E-state index contributed by atoms with van der Waals surface area (Å²) in [5.41, 5.74) is 0.932. The summed E-state index contributed by atoms with van der Waals surface area (Å²) in [5, 5.41) is 0. The number of ketones is 1. The molecule has 0 N–H and O–H groups in total. The zero-order valence-electron chi connectivity index (χ0n) is 13.8. The molecule has 0 aliphatic carbocycles. The molecule has 0 bridgehead atoms. The SMILES string of the molecule is CC(C)(C)OC(=O)C(C(=O)Cc1ccccc1)c1ccccc1. The normalized spacial score (nSPS) is 12.5. The lowest BCUT2D eigenvalue weighted by Gasteiger charge is -2.23. The number of carbonyl (C=O) groups excluding carboxylic acids is 2. The van der Waals surface area contributed by atoms with Crippen LogP contribution in [0.4, 0.5) is 0 Å². The van der Waals surface area contributed by atoms with E-state index in [-0.39, 0.29) is 12.2 Å². The molecule has 3 nitrogen and oxygen atoms in total. The van der Waals surface area contributed by atoms with Crippen molar-refractivity contribution in [2.24, 2.45) is 0 Å². The third-order valence-electron chi connectivity index (χ3n) is 3.32. The summed E-state index contributed by atoms with van der Waals surface area (Å²) in [4.78, 5) is 25.3. The van der Waals surface area contributed by atoms with Gasteiger partial charge in [-0.3, -0.25) is 9.59 Å². The Hall–Kier alpha value is -2.42. The van der Waals surface area contributed by atoms with Crippen molar-refractivity contribution >= 4 is 11.8 Å². The summed E-state index contributed by atoms with van der Waals surface area (Å²) >= 11 is 0. The molecule has 3 heteroatoms. The van der Waals surface area contributed by atoms with Crippen molar-refractivity contribution in [3.05, 3.63) is 71.8 Å². The zero-order chi connectivity index (χ0) is 16.9. The predicted octanol–water partition coefficient (Wildman–Crippen LogP) is 3.92. The average molecular weight is 310 g/mol. The second-order valence-corrected chi connectivity index (χ2v) is 6.51. The minimum atomic E-state index is -0.893. The fourth-order valence-electron chi connectivity index (χ4n) is 2.36. The fourth-order valence-corrected chi connectivity index (χ4v) is 2.36. The highest BCUT2D eigenvalue weighted by molar-refractivity contribution is 6.05. The lowest BCUT2D eigenvalue weighted by Crippen LogP contribution is -2.32. The molecule has 0 saturated heterocycles. The number of Topliss-reactive ketones (excluding diaryl/α,β-unsaturated/α-hetero) is 1. The molecule has 2 aromatic rings. The van der Waals surface area contributed by atoms with E-state index >= 15 is 0 Å². The molecule has 0 aliphatic heterocycles. The molecular formula is C20H22O3. The van der Waals surface area contributed by atoms with E-state index < -0.39 is 17.5 Å². The van der Waals surface area contributed by atoms with Crippen molar-refractivity contribution in [1.29, 1.82) is 0 Å². The summed E-state index contributed by atoms with van der Waals surface area (Å²) in [6.07, 6.45) is 0.208. The van der Waals surface area contributed by atoms with Gasteiger partial charge in [0.05, 0.1) is 0 Å². The molecule has 0 saturated carbocycles. The van der Waals surface area contributed by atoms with Gasteiger partial charge < -0.3 is 4.74 Å². The van der Waals surface area contributed by atoms with Gasteiger partial charge in [-0.05, 0) is 31.9 Å². The van der Waals surface area contributed by atoms with Crippen LogP contribution in [-0.4, -0.2) is 17.4 Å². The van der Waals surface area contributed by atoms with Crippen LogP contribution in [0.2, 0.25) is 0 Å². The van der Waals surface area contributed by atoms with Gasteiger partial charge in [-0.15, -0.1) is 0 Å². The Labute approximate surface area is 137 Å². The first-order valence-corrected chi connectivity index (χ1v) is 7.71. The first kappa shape index (κ1) is 16.9. The van der Waals surface area contributed by atoms with E-state index in [1.807, 2.05) is 48.5 Å². The van der Waals surface area contributed by atoms with Crippen molar-refractivity contribution in [3.63, 3.8) is 0 Å². The first-order valence-electron chi connectivity index (χ1n) is 7.71. The van der Waals surface area contributed by atoms with Crippen molar-refractivity contribution in [2.75, 3.05) is 0 Å². The molecule has 0 radical (unpaired) electrons. The second kappa shape index (κ2) is 7.23. The highest BCUT2D eigenvalue weighted by Crippen LogP contribution is 2.23. The maximum absolute atomic E-state index is 12.7. The van der Waals surface area contributed by atoms with E-state index in [1.165, 1.54) is 0 Å². The largest absolute Gasteiger partial charge is 0.459 e. The summed E-state index contributed by atoms with van der Waals surface area (Å²) < 4.78 is 5.45. The minimum absolute atomic E-state index is 0.156. The Morgan fingerprint density at radius 2 is 1.43 bits per heavy atom. The molecule has 0 spiro atoms. The first-order chi connectivity index (χ1) is 10.9. The van der Waals surface area contributed by atoms with Gasteiger partial charge in [0, 0.05) is 6.42 Å². The van der Waals surface area contributed by atoms with Crippen LogP contribution in [0.15, 0.2) is 60.7 Å². The highest BCUT2D eigenvalue weighted by atomic mass is 16.6. The van der Waals surface area contributed by atoms with Crippen LogP contribution in [0.25, 0.3) is 0 Å². The minimum Gasteiger partial charge on any atom is -0.459 e. The van der Waals surface area contributed by atoms with Gasteiger partial charge >= 0.3 is 5.97 Å². The lowest BCUT2D eigenvalue weighted by atomic mass is 9.91. The molecule has 120 valence electrons. The molecule has 0 aliphatic rings. The monoisotopic (exact) mass is 310 g/mol. The number of ether oxygens (including phenoxy) is 1. The summed E-state index contributed by atoms with van der Waals surface area (Å²) in [5.74, 6) is -1.54. The third-order valence-corrected chi connectivity index (χ3v) is 3.32. The number of rotatable bonds is 5. The van der Waals surface area contributed by atoms with Crippen molar-refractivity contribution in [3.8, 4) is 0 Å². The molecule has 1 atom stereocenters. The van der Waals surface area contributed by atoms with E-state index in [0.717, 1.165) is 5.56 Å². The van der Waals surface area contributed by atoms with Crippen molar-refractivity contribution in [2.45, 2.75) is 38.7 Å². The van der Waals surface area contributed by atoms with Gasteiger partial charge in [0.2, 0.25) is 0 Å². The molecule has 23 heavy (non-hydrogen) atoms. The third kappa shape index (κ3) is 5.06. The van der Waals surface area contributed by atoms with Crippen molar-refractivity contribution in [1.82, 2.24) is 0 Å². The Bertz CT molecular complexity index is 654. The standard InChI is InChI=1S/C20H22O3/c1-20(2,3)23-19(22)18(16-12-8-5-9-13-16)17(21)14-15-10-6-4-7-11-15/h4-13,18H,14H2,1-3H3. The van der Waals surface area contributed by atoms with Gasteiger partial charge in [0.25, 0.3) is 0 Å². The van der Waals surface area contributed by atoms with E-state index in [2.05, 4.69) is 0 Å². The number of benzene rings is 2. The molecular weight excluding hydrogens is 288 g/mol.